The second-order valence-corrected chi connectivity index (χ2v) is 6.10. The van der Waals surface area contributed by atoms with E-state index in [-0.39, 0.29) is 0 Å². The molecule has 0 aromatic heterocycles. The van der Waals surface area contributed by atoms with Gasteiger partial charge in [0.05, 0.1) is 0 Å². The predicted molar refractivity (Wildman–Crippen MR) is 64.3 cm³/mol. The van der Waals surface area contributed by atoms with Crippen LogP contribution in [0.1, 0.15) is 51.4 Å². The highest BCUT2D eigenvalue weighted by Crippen LogP contribution is 2.39. The van der Waals surface area contributed by atoms with Crippen molar-refractivity contribution in [3.8, 4) is 0 Å². The Labute approximate surface area is 98.4 Å². The van der Waals surface area contributed by atoms with E-state index in [1.165, 1.54) is 38.5 Å². The van der Waals surface area contributed by atoms with Crippen molar-refractivity contribution in [1.29, 1.82) is 0 Å². The maximum Gasteiger partial charge on any atom is 0.139 e. The van der Waals surface area contributed by atoms with E-state index < -0.39 is 0 Å². The van der Waals surface area contributed by atoms with Crippen LogP contribution < -0.4 is 0 Å². The monoisotopic (exact) mass is 221 g/mol. The molecule has 3 fully saturated rings. The molecule has 2 heterocycles. The van der Waals surface area contributed by atoms with E-state index in [9.17, 15) is 4.79 Å². The van der Waals surface area contributed by atoms with Crippen LogP contribution in [0, 0.1) is 11.8 Å². The van der Waals surface area contributed by atoms with Gasteiger partial charge in [-0.1, -0.05) is 12.8 Å². The summed E-state index contributed by atoms with van der Waals surface area (Å²) in [5.74, 6) is 1.49. The van der Waals surface area contributed by atoms with Crippen molar-refractivity contribution in [2.24, 2.45) is 11.8 Å². The standard InChI is InChI=1S/C14H23NO/c1-15-12-6-3-7-13(15)9-11(8-12)14(16)10-4-2-5-10/h10-13H,2-9H2,1H3. The number of ketones is 1. The van der Waals surface area contributed by atoms with Gasteiger partial charge in [0, 0.05) is 23.9 Å². The Morgan fingerprint density at radius 2 is 1.50 bits per heavy atom. The molecular formula is C14H23NO. The number of Topliss-reactive ketones (excluding diaryl/α,β-unsaturated/α-hetero) is 1. The second kappa shape index (κ2) is 4.14. The van der Waals surface area contributed by atoms with E-state index in [1.807, 2.05) is 0 Å². The van der Waals surface area contributed by atoms with Gasteiger partial charge in [-0.2, -0.15) is 0 Å². The SMILES string of the molecule is CN1C2CCCC1CC(C(=O)C1CCC1)C2. The molecule has 2 unspecified atom stereocenters. The Hall–Kier alpha value is -0.370. The molecule has 3 aliphatic rings. The molecule has 90 valence electrons. The van der Waals surface area contributed by atoms with E-state index in [1.54, 1.807) is 0 Å². The summed E-state index contributed by atoms with van der Waals surface area (Å²) in [6, 6.07) is 1.42. The zero-order valence-corrected chi connectivity index (χ0v) is 10.3. The van der Waals surface area contributed by atoms with Crippen LogP contribution in [0.25, 0.3) is 0 Å². The van der Waals surface area contributed by atoms with E-state index in [2.05, 4.69) is 11.9 Å². The molecule has 0 aromatic carbocycles. The van der Waals surface area contributed by atoms with Crippen LogP contribution in [-0.2, 0) is 4.79 Å². The molecule has 2 aliphatic heterocycles. The van der Waals surface area contributed by atoms with E-state index in [0.29, 0.717) is 29.7 Å². The van der Waals surface area contributed by atoms with Crippen LogP contribution in [-0.4, -0.2) is 29.8 Å². The van der Waals surface area contributed by atoms with E-state index in [0.717, 1.165) is 12.8 Å². The van der Waals surface area contributed by atoms with Crippen LogP contribution in [0.15, 0.2) is 0 Å². The number of hydrogen-bond donors (Lipinski definition) is 0. The summed E-state index contributed by atoms with van der Waals surface area (Å²) in [5, 5.41) is 0. The maximum absolute atomic E-state index is 12.3. The number of rotatable bonds is 2. The lowest BCUT2D eigenvalue weighted by Gasteiger charge is -2.47. The van der Waals surface area contributed by atoms with Gasteiger partial charge in [0.2, 0.25) is 0 Å². The normalized spacial score (nSPS) is 40.4. The van der Waals surface area contributed by atoms with Gasteiger partial charge in [-0.15, -0.1) is 0 Å². The molecule has 0 amide bonds. The summed E-state index contributed by atoms with van der Waals surface area (Å²) in [4.78, 5) is 14.8. The Kier molecular flexibility index (Phi) is 2.78. The zero-order chi connectivity index (χ0) is 11.1. The van der Waals surface area contributed by atoms with Gasteiger partial charge in [-0.25, -0.2) is 0 Å². The van der Waals surface area contributed by atoms with Crippen molar-refractivity contribution in [3.05, 3.63) is 0 Å². The number of piperidine rings is 2. The Bertz CT molecular complexity index is 270. The fourth-order valence-corrected chi connectivity index (χ4v) is 3.87. The van der Waals surface area contributed by atoms with Crippen LogP contribution in [0.4, 0.5) is 0 Å². The van der Waals surface area contributed by atoms with Gasteiger partial charge in [-0.3, -0.25) is 4.79 Å². The molecular weight excluding hydrogens is 198 g/mol. The van der Waals surface area contributed by atoms with Crippen LogP contribution in [0.5, 0.6) is 0 Å². The second-order valence-electron chi connectivity index (χ2n) is 6.10. The van der Waals surface area contributed by atoms with Crippen molar-refractivity contribution in [2.75, 3.05) is 7.05 Å². The lowest BCUT2D eigenvalue weighted by Crippen LogP contribution is -2.51. The summed E-state index contributed by atoms with van der Waals surface area (Å²) in [7, 11) is 2.26. The topological polar surface area (TPSA) is 20.3 Å². The first-order valence-corrected chi connectivity index (χ1v) is 7.01. The first-order valence-electron chi connectivity index (χ1n) is 7.01. The molecule has 2 bridgehead atoms. The first-order chi connectivity index (χ1) is 7.75. The molecule has 1 saturated carbocycles. The van der Waals surface area contributed by atoms with Crippen molar-refractivity contribution >= 4 is 5.78 Å². The average molecular weight is 221 g/mol. The molecule has 2 saturated heterocycles. The zero-order valence-electron chi connectivity index (χ0n) is 10.3. The van der Waals surface area contributed by atoms with Crippen molar-refractivity contribution in [1.82, 2.24) is 4.90 Å². The van der Waals surface area contributed by atoms with Crippen molar-refractivity contribution in [3.63, 3.8) is 0 Å². The van der Waals surface area contributed by atoms with E-state index in [4.69, 9.17) is 0 Å². The summed E-state index contributed by atoms with van der Waals surface area (Å²) in [5.41, 5.74) is 0. The largest absolute Gasteiger partial charge is 0.300 e. The minimum Gasteiger partial charge on any atom is -0.300 e. The number of hydrogen-bond acceptors (Lipinski definition) is 2. The number of carbonyl (C=O) groups is 1. The average Bonchev–Trinajstić information content (AvgIpc) is 2.13. The van der Waals surface area contributed by atoms with E-state index >= 15 is 0 Å². The minimum absolute atomic E-state index is 0.414. The highest BCUT2D eigenvalue weighted by molar-refractivity contribution is 5.84. The third-order valence-corrected chi connectivity index (χ3v) is 5.25. The van der Waals surface area contributed by atoms with Crippen LogP contribution in [0.3, 0.4) is 0 Å². The molecule has 2 atom stereocenters. The summed E-state index contributed by atoms with van der Waals surface area (Å²) < 4.78 is 0. The molecule has 1 aliphatic carbocycles. The smallest absolute Gasteiger partial charge is 0.139 e. The highest BCUT2D eigenvalue weighted by Gasteiger charge is 2.41. The quantitative estimate of drug-likeness (QED) is 0.714. The molecule has 0 aromatic rings. The van der Waals surface area contributed by atoms with Crippen molar-refractivity contribution in [2.45, 2.75) is 63.5 Å². The summed E-state index contributed by atoms with van der Waals surface area (Å²) in [6.45, 7) is 0. The minimum atomic E-state index is 0.414. The van der Waals surface area contributed by atoms with Crippen LogP contribution >= 0.6 is 0 Å². The van der Waals surface area contributed by atoms with Gasteiger partial charge >= 0.3 is 0 Å². The predicted octanol–water partition coefficient (Wildman–Crippen LogP) is 2.62. The Balaban J connectivity index is 1.67. The third kappa shape index (κ3) is 1.71. The number of carbonyl (C=O) groups excluding carboxylic acids is 1. The fourth-order valence-electron chi connectivity index (χ4n) is 3.87. The molecule has 0 spiro atoms. The number of fused-ring (bicyclic) bond motifs is 2. The highest BCUT2D eigenvalue weighted by atomic mass is 16.1. The molecule has 0 N–H and O–H groups in total. The van der Waals surface area contributed by atoms with Gasteiger partial charge in [0.25, 0.3) is 0 Å². The third-order valence-electron chi connectivity index (χ3n) is 5.25. The lowest BCUT2D eigenvalue weighted by molar-refractivity contribution is -0.133. The summed E-state index contributed by atoms with van der Waals surface area (Å²) >= 11 is 0. The lowest BCUT2D eigenvalue weighted by atomic mass is 9.70. The fraction of sp³-hybridized carbons (Fsp3) is 0.929. The van der Waals surface area contributed by atoms with Gasteiger partial charge in [0.15, 0.2) is 0 Å². The molecule has 3 rings (SSSR count). The number of nitrogens with zero attached hydrogens (tertiary/aromatic N) is 1. The molecule has 0 radical (unpaired) electrons. The molecule has 2 heteroatoms. The summed E-state index contributed by atoms with van der Waals surface area (Å²) in [6.07, 6.45) is 9.98. The Morgan fingerprint density at radius 3 is 2.00 bits per heavy atom. The molecule has 16 heavy (non-hydrogen) atoms. The van der Waals surface area contributed by atoms with Gasteiger partial charge < -0.3 is 4.90 Å². The maximum atomic E-state index is 12.3. The Morgan fingerprint density at radius 1 is 0.938 bits per heavy atom. The molecule has 2 nitrogen and oxygen atoms in total. The van der Waals surface area contributed by atoms with Gasteiger partial charge in [-0.05, 0) is 45.6 Å². The van der Waals surface area contributed by atoms with Gasteiger partial charge in [0.1, 0.15) is 5.78 Å². The van der Waals surface area contributed by atoms with Crippen molar-refractivity contribution < 1.29 is 4.79 Å². The van der Waals surface area contributed by atoms with Crippen LogP contribution in [0.2, 0.25) is 0 Å². The first kappa shape index (κ1) is 10.8.